The van der Waals surface area contributed by atoms with E-state index < -0.39 is 6.04 Å². The number of halogens is 1. The molecule has 2 heterocycles. The zero-order valence-electron chi connectivity index (χ0n) is 15.3. The number of nitrogens with zero attached hydrogens (tertiary/aromatic N) is 6. The van der Waals surface area contributed by atoms with Crippen LogP contribution >= 0.6 is 0 Å². The first-order valence-electron chi connectivity index (χ1n) is 8.80. The van der Waals surface area contributed by atoms with Crippen molar-refractivity contribution < 1.29 is 9.18 Å². The van der Waals surface area contributed by atoms with Crippen LogP contribution in [0.15, 0.2) is 36.9 Å². The molecule has 1 aromatic carbocycles. The van der Waals surface area contributed by atoms with Crippen LogP contribution in [0.25, 0.3) is 0 Å². The van der Waals surface area contributed by atoms with Gasteiger partial charge in [-0.3, -0.25) is 19.3 Å². The summed E-state index contributed by atoms with van der Waals surface area (Å²) in [4.78, 5) is 23.0. The zero-order valence-corrected chi connectivity index (χ0v) is 15.3. The molecule has 0 radical (unpaired) electrons. The fourth-order valence-electron chi connectivity index (χ4n) is 3.30. The van der Waals surface area contributed by atoms with E-state index in [-0.39, 0.29) is 11.7 Å². The number of carbonyl (C=O) groups is 1. The monoisotopic (exact) mass is 360 g/mol. The smallest absolute Gasteiger partial charge is 0.244 e. The molecule has 1 amide bonds. The Morgan fingerprint density at radius 3 is 2.62 bits per heavy atom. The number of amides is 1. The van der Waals surface area contributed by atoms with Gasteiger partial charge in [0.05, 0.1) is 6.54 Å². The predicted octanol–water partition coefficient (Wildman–Crippen LogP) is 0.864. The number of carbonyl (C=O) groups excluding carboxylic acids is 1. The van der Waals surface area contributed by atoms with Crippen molar-refractivity contribution in [3.63, 3.8) is 0 Å². The summed E-state index contributed by atoms with van der Waals surface area (Å²) in [6.45, 7) is 4.67. The molecule has 3 rings (SSSR count). The highest BCUT2D eigenvalue weighted by Crippen LogP contribution is 2.22. The lowest BCUT2D eigenvalue weighted by atomic mass is 10.0. The average Bonchev–Trinajstić information content (AvgIpc) is 3.14. The van der Waals surface area contributed by atoms with E-state index in [9.17, 15) is 9.18 Å². The molecule has 1 aromatic heterocycles. The molecule has 0 aliphatic carbocycles. The maximum Gasteiger partial charge on any atom is 0.244 e. The van der Waals surface area contributed by atoms with Crippen LogP contribution < -0.4 is 0 Å². The molecule has 140 valence electrons. The Labute approximate surface area is 153 Å². The zero-order chi connectivity index (χ0) is 18.5. The van der Waals surface area contributed by atoms with E-state index in [0.29, 0.717) is 18.7 Å². The third-order valence-electron chi connectivity index (χ3n) is 4.71. The Bertz CT molecular complexity index is 712. The van der Waals surface area contributed by atoms with Gasteiger partial charge in [-0.1, -0.05) is 12.1 Å². The minimum Gasteiger partial charge on any atom is -0.338 e. The predicted molar refractivity (Wildman–Crippen MR) is 95.9 cm³/mol. The van der Waals surface area contributed by atoms with Crippen molar-refractivity contribution in [3.8, 4) is 0 Å². The standard InChI is InChI=1S/C18H25FN6O/c1-22(2)17(15-4-3-5-16(19)12-15)18(26)24-9-6-23(7-10-24)8-11-25-14-20-13-21-25/h3-5,12-14,17H,6-11H2,1-2H3/t17-/m0/s1. The highest BCUT2D eigenvalue weighted by Gasteiger charge is 2.30. The highest BCUT2D eigenvalue weighted by molar-refractivity contribution is 5.83. The number of rotatable bonds is 6. The van der Waals surface area contributed by atoms with E-state index in [1.807, 2.05) is 28.6 Å². The minimum absolute atomic E-state index is 0.0246. The topological polar surface area (TPSA) is 57.5 Å². The van der Waals surface area contributed by atoms with Gasteiger partial charge in [0, 0.05) is 32.7 Å². The van der Waals surface area contributed by atoms with Gasteiger partial charge in [-0.05, 0) is 31.8 Å². The fraction of sp³-hybridized carbons (Fsp3) is 0.500. The summed E-state index contributed by atoms with van der Waals surface area (Å²) in [5.74, 6) is -0.295. The molecule has 1 fully saturated rings. The van der Waals surface area contributed by atoms with E-state index >= 15 is 0 Å². The molecule has 0 unspecified atom stereocenters. The lowest BCUT2D eigenvalue weighted by Crippen LogP contribution is -2.51. The van der Waals surface area contributed by atoms with Crippen molar-refractivity contribution in [2.45, 2.75) is 12.6 Å². The lowest BCUT2D eigenvalue weighted by molar-refractivity contribution is -0.138. The van der Waals surface area contributed by atoms with Crippen molar-refractivity contribution in [1.82, 2.24) is 29.5 Å². The number of hydrogen-bond donors (Lipinski definition) is 0. The molecule has 1 atom stereocenters. The Kier molecular flexibility index (Phi) is 5.95. The lowest BCUT2D eigenvalue weighted by Gasteiger charge is -2.37. The van der Waals surface area contributed by atoms with Crippen LogP contribution in [-0.4, -0.2) is 82.2 Å². The highest BCUT2D eigenvalue weighted by atomic mass is 19.1. The van der Waals surface area contributed by atoms with Crippen LogP contribution in [0.4, 0.5) is 4.39 Å². The fourth-order valence-corrected chi connectivity index (χ4v) is 3.30. The van der Waals surface area contributed by atoms with Gasteiger partial charge < -0.3 is 4.90 Å². The number of benzene rings is 1. The molecule has 2 aromatic rings. The molecule has 1 aliphatic rings. The molecule has 0 N–H and O–H groups in total. The molecule has 8 heteroatoms. The second-order valence-electron chi connectivity index (χ2n) is 6.75. The third kappa shape index (κ3) is 4.44. The second-order valence-corrected chi connectivity index (χ2v) is 6.75. The van der Waals surface area contributed by atoms with Gasteiger partial charge in [0.25, 0.3) is 0 Å². The molecular weight excluding hydrogens is 335 g/mol. The summed E-state index contributed by atoms with van der Waals surface area (Å²) in [7, 11) is 3.70. The summed E-state index contributed by atoms with van der Waals surface area (Å²) < 4.78 is 15.4. The van der Waals surface area contributed by atoms with E-state index in [2.05, 4.69) is 15.0 Å². The van der Waals surface area contributed by atoms with Crippen molar-refractivity contribution in [2.24, 2.45) is 0 Å². The largest absolute Gasteiger partial charge is 0.338 e. The summed E-state index contributed by atoms with van der Waals surface area (Å²) in [5.41, 5.74) is 0.689. The van der Waals surface area contributed by atoms with Crippen LogP contribution in [0.5, 0.6) is 0 Å². The SMILES string of the molecule is CN(C)[C@H](C(=O)N1CCN(CCn2cncn2)CC1)c1cccc(F)c1. The van der Waals surface area contributed by atoms with E-state index in [1.165, 1.54) is 18.5 Å². The van der Waals surface area contributed by atoms with Gasteiger partial charge in [-0.2, -0.15) is 5.10 Å². The maximum absolute atomic E-state index is 13.6. The molecule has 1 aliphatic heterocycles. The Balaban J connectivity index is 1.57. The summed E-state index contributed by atoms with van der Waals surface area (Å²) in [5, 5.41) is 4.11. The van der Waals surface area contributed by atoms with Gasteiger partial charge in [-0.15, -0.1) is 0 Å². The molecule has 7 nitrogen and oxygen atoms in total. The van der Waals surface area contributed by atoms with Crippen LogP contribution in [0.2, 0.25) is 0 Å². The second kappa shape index (κ2) is 8.37. The number of aromatic nitrogens is 3. The number of hydrogen-bond acceptors (Lipinski definition) is 5. The Morgan fingerprint density at radius 2 is 2.00 bits per heavy atom. The van der Waals surface area contributed by atoms with Crippen LogP contribution in [-0.2, 0) is 11.3 Å². The summed E-state index contributed by atoms with van der Waals surface area (Å²) >= 11 is 0. The van der Waals surface area contributed by atoms with Gasteiger partial charge in [0.15, 0.2) is 0 Å². The molecule has 0 saturated carbocycles. The van der Waals surface area contributed by atoms with Crippen molar-refractivity contribution in [1.29, 1.82) is 0 Å². The van der Waals surface area contributed by atoms with Crippen LogP contribution in [0.1, 0.15) is 11.6 Å². The minimum atomic E-state index is -0.465. The summed E-state index contributed by atoms with van der Waals surface area (Å²) in [6.07, 6.45) is 3.24. The molecule has 0 spiro atoms. The first-order chi connectivity index (χ1) is 12.5. The third-order valence-corrected chi connectivity index (χ3v) is 4.71. The van der Waals surface area contributed by atoms with E-state index in [4.69, 9.17) is 0 Å². The maximum atomic E-state index is 13.6. The average molecular weight is 360 g/mol. The van der Waals surface area contributed by atoms with E-state index in [1.54, 1.807) is 18.5 Å². The first-order valence-corrected chi connectivity index (χ1v) is 8.80. The molecular formula is C18H25FN6O. The molecule has 1 saturated heterocycles. The quantitative estimate of drug-likeness (QED) is 0.765. The van der Waals surface area contributed by atoms with Crippen molar-refractivity contribution in [3.05, 3.63) is 48.3 Å². The Hall–Kier alpha value is -2.32. The van der Waals surface area contributed by atoms with Gasteiger partial charge in [0.2, 0.25) is 5.91 Å². The normalized spacial score (nSPS) is 16.8. The molecule has 26 heavy (non-hydrogen) atoms. The van der Waals surface area contributed by atoms with Gasteiger partial charge in [0.1, 0.15) is 24.5 Å². The Morgan fingerprint density at radius 1 is 1.23 bits per heavy atom. The van der Waals surface area contributed by atoms with Crippen LogP contribution in [0.3, 0.4) is 0 Å². The number of likely N-dealkylation sites (N-methyl/N-ethyl adjacent to an activating group) is 1. The van der Waals surface area contributed by atoms with Crippen LogP contribution in [0, 0.1) is 5.82 Å². The first kappa shape index (κ1) is 18.5. The molecule has 0 bridgehead atoms. The van der Waals surface area contributed by atoms with Gasteiger partial charge >= 0.3 is 0 Å². The van der Waals surface area contributed by atoms with Crippen molar-refractivity contribution >= 4 is 5.91 Å². The van der Waals surface area contributed by atoms with Gasteiger partial charge in [-0.25, -0.2) is 9.37 Å². The van der Waals surface area contributed by atoms with E-state index in [0.717, 1.165) is 26.2 Å². The number of piperazine rings is 1. The van der Waals surface area contributed by atoms with Crippen molar-refractivity contribution in [2.75, 3.05) is 46.8 Å². The summed E-state index contributed by atoms with van der Waals surface area (Å²) in [6, 6.07) is 5.83.